The minimum atomic E-state index is 0.223. The van der Waals surface area contributed by atoms with Gasteiger partial charge < -0.3 is 10.5 Å². The minimum Gasteiger partial charge on any atom is -0.497 e. The average Bonchev–Trinajstić information content (AvgIpc) is 2.02. The van der Waals surface area contributed by atoms with Gasteiger partial charge in [0.05, 0.1) is 7.11 Å². The van der Waals surface area contributed by atoms with Gasteiger partial charge >= 0.3 is 0 Å². The number of hydrogen-bond donors (Lipinski definition) is 1. The van der Waals surface area contributed by atoms with Crippen LogP contribution < -0.4 is 5.73 Å². The van der Waals surface area contributed by atoms with Gasteiger partial charge in [-0.3, -0.25) is 0 Å². The van der Waals surface area contributed by atoms with Gasteiger partial charge in [-0.25, -0.2) is 0 Å². The Bertz CT molecular complexity index is 159. The van der Waals surface area contributed by atoms with Crippen LogP contribution in [0, 0.1) is 0 Å². The largest absolute Gasteiger partial charge is 0.497 e. The SMILES string of the molecule is CCC=C(C=CCC(C)N)OC. The van der Waals surface area contributed by atoms with Crippen molar-refractivity contribution in [3.05, 3.63) is 24.0 Å². The second kappa shape index (κ2) is 6.92. The first kappa shape index (κ1) is 11.2. The van der Waals surface area contributed by atoms with E-state index >= 15 is 0 Å². The summed E-state index contributed by atoms with van der Waals surface area (Å²) in [6.45, 7) is 4.07. The van der Waals surface area contributed by atoms with Crippen molar-refractivity contribution in [2.45, 2.75) is 32.7 Å². The first-order valence-corrected chi connectivity index (χ1v) is 4.37. The zero-order chi connectivity index (χ0) is 9.40. The van der Waals surface area contributed by atoms with E-state index in [0.717, 1.165) is 18.6 Å². The lowest BCUT2D eigenvalue weighted by Crippen LogP contribution is -2.12. The summed E-state index contributed by atoms with van der Waals surface area (Å²) in [5.41, 5.74) is 5.58. The zero-order valence-electron chi connectivity index (χ0n) is 8.21. The maximum Gasteiger partial charge on any atom is 0.114 e. The van der Waals surface area contributed by atoms with E-state index in [0.29, 0.717) is 0 Å². The maximum absolute atomic E-state index is 5.58. The lowest BCUT2D eigenvalue weighted by molar-refractivity contribution is 0.305. The molecular weight excluding hydrogens is 150 g/mol. The Kier molecular flexibility index (Phi) is 6.48. The highest BCUT2D eigenvalue weighted by molar-refractivity contribution is 5.11. The fourth-order valence-corrected chi connectivity index (χ4v) is 0.819. The van der Waals surface area contributed by atoms with E-state index in [1.54, 1.807) is 7.11 Å². The molecule has 0 bridgehead atoms. The minimum absolute atomic E-state index is 0.223. The Balaban J connectivity index is 3.85. The van der Waals surface area contributed by atoms with Crippen LogP contribution in [-0.2, 0) is 4.74 Å². The van der Waals surface area contributed by atoms with E-state index in [2.05, 4.69) is 6.92 Å². The molecule has 12 heavy (non-hydrogen) atoms. The van der Waals surface area contributed by atoms with Gasteiger partial charge in [0.25, 0.3) is 0 Å². The summed E-state index contributed by atoms with van der Waals surface area (Å²) in [4.78, 5) is 0. The molecule has 0 aromatic carbocycles. The Morgan fingerprint density at radius 3 is 2.67 bits per heavy atom. The molecule has 0 aromatic heterocycles. The summed E-state index contributed by atoms with van der Waals surface area (Å²) in [5, 5.41) is 0. The number of allylic oxidation sites excluding steroid dienone is 2. The second-order valence-electron chi connectivity index (χ2n) is 2.83. The van der Waals surface area contributed by atoms with Gasteiger partial charge in [-0.05, 0) is 31.9 Å². The van der Waals surface area contributed by atoms with Gasteiger partial charge in [0.1, 0.15) is 5.76 Å². The molecule has 0 heterocycles. The van der Waals surface area contributed by atoms with Crippen LogP contribution in [0.3, 0.4) is 0 Å². The zero-order valence-corrected chi connectivity index (χ0v) is 8.21. The van der Waals surface area contributed by atoms with Crippen molar-refractivity contribution in [3.8, 4) is 0 Å². The van der Waals surface area contributed by atoms with Crippen LogP contribution in [-0.4, -0.2) is 13.2 Å². The van der Waals surface area contributed by atoms with Crippen LogP contribution in [0.4, 0.5) is 0 Å². The summed E-state index contributed by atoms with van der Waals surface area (Å²) in [7, 11) is 1.68. The lowest BCUT2D eigenvalue weighted by Gasteiger charge is -2.00. The van der Waals surface area contributed by atoms with Crippen LogP contribution in [0.25, 0.3) is 0 Å². The van der Waals surface area contributed by atoms with E-state index in [-0.39, 0.29) is 6.04 Å². The average molecular weight is 169 g/mol. The van der Waals surface area contributed by atoms with Gasteiger partial charge in [0.15, 0.2) is 0 Å². The van der Waals surface area contributed by atoms with E-state index in [1.807, 2.05) is 25.2 Å². The van der Waals surface area contributed by atoms with Gasteiger partial charge in [-0.1, -0.05) is 13.0 Å². The standard InChI is InChI=1S/C10H19NO/c1-4-6-10(12-3)8-5-7-9(2)11/h5-6,8-9H,4,7,11H2,1-3H3. The molecule has 2 heteroatoms. The molecule has 0 aliphatic carbocycles. The van der Waals surface area contributed by atoms with Crippen LogP contribution >= 0.6 is 0 Å². The van der Waals surface area contributed by atoms with Crippen molar-refractivity contribution in [2.24, 2.45) is 5.73 Å². The molecule has 70 valence electrons. The molecule has 0 rings (SSSR count). The second-order valence-corrected chi connectivity index (χ2v) is 2.83. The molecule has 0 aliphatic heterocycles. The van der Waals surface area contributed by atoms with Crippen molar-refractivity contribution < 1.29 is 4.74 Å². The number of rotatable bonds is 5. The third-order valence-electron chi connectivity index (χ3n) is 1.43. The highest BCUT2D eigenvalue weighted by atomic mass is 16.5. The van der Waals surface area contributed by atoms with E-state index in [4.69, 9.17) is 10.5 Å². The monoisotopic (exact) mass is 169 g/mol. The first-order chi connectivity index (χ1) is 5.70. The Morgan fingerprint density at radius 2 is 2.25 bits per heavy atom. The third-order valence-corrected chi connectivity index (χ3v) is 1.43. The fourth-order valence-electron chi connectivity index (χ4n) is 0.819. The van der Waals surface area contributed by atoms with E-state index in [9.17, 15) is 0 Å². The summed E-state index contributed by atoms with van der Waals surface area (Å²) < 4.78 is 5.11. The highest BCUT2D eigenvalue weighted by Crippen LogP contribution is 2.01. The topological polar surface area (TPSA) is 35.2 Å². The van der Waals surface area contributed by atoms with Gasteiger partial charge in [-0.15, -0.1) is 0 Å². The fraction of sp³-hybridized carbons (Fsp3) is 0.600. The van der Waals surface area contributed by atoms with Crippen LogP contribution in [0.5, 0.6) is 0 Å². The molecule has 0 aromatic rings. The van der Waals surface area contributed by atoms with Gasteiger partial charge in [0.2, 0.25) is 0 Å². The van der Waals surface area contributed by atoms with Gasteiger partial charge in [-0.2, -0.15) is 0 Å². The maximum atomic E-state index is 5.58. The number of nitrogens with two attached hydrogens (primary N) is 1. The summed E-state index contributed by atoms with van der Waals surface area (Å²) >= 11 is 0. The molecule has 1 atom stereocenters. The molecule has 2 N–H and O–H groups in total. The molecular formula is C10H19NO. The molecule has 0 saturated heterocycles. The predicted molar refractivity (Wildman–Crippen MR) is 52.8 cm³/mol. The Morgan fingerprint density at radius 1 is 1.58 bits per heavy atom. The Labute approximate surface area is 75.1 Å². The molecule has 1 unspecified atom stereocenters. The molecule has 0 amide bonds. The van der Waals surface area contributed by atoms with Crippen molar-refractivity contribution >= 4 is 0 Å². The summed E-state index contributed by atoms with van der Waals surface area (Å²) in [6.07, 6.45) is 7.93. The van der Waals surface area contributed by atoms with Crippen LogP contribution in [0.15, 0.2) is 24.0 Å². The van der Waals surface area contributed by atoms with E-state index < -0.39 is 0 Å². The van der Waals surface area contributed by atoms with E-state index in [1.165, 1.54) is 0 Å². The first-order valence-electron chi connectivity index (χ1n) is 4.37. The van der Waals surface area contributed by atoms with Crippen molar-refractivity contribution in [1.29, 1.82) is 0 Å². The molecule has 0 saturated carbocycles. The smallest absolute Gasteiger partial charge is 0.114 e. The molecule has 0 spiro atoms. The number of methoxy groups -OCH3 is 1. The Hall–Kier alpha value is -0.760. The summed E-state index contributed by atoms with van der Waals surface area (Å²) in [5.74, 6) is 0.915. The van der Waals surface area contributed by atoms with Crippen LogP contribution in [0.1, 0.15) is 26.7 Å². The molecule has 0 aliphatic rings. The van der Waals surface area contributed by atoms with Crippen LogP contribution in [0.2, 0.25) is 0 Å². The lowest BCUT2D eigenvalue weighted by atomic mass is 10.2. The predicted octanol–water partition coefficient (Wildman–Crippen LogP) is 2.22. The van der Waals surface area contributed by atoms with Gasteiger partial charge in [0, 0.05) is 6.04 Å². The normalized spacial score (nSPS) is 15.2. The van der Waals surface area contributed by atoms with Crippen molar-refractivity contribution in [3.63, 3.8) is 0 Å². The third kappa shape index (κ3) is 5.98. The number of hydrogen-bond acceptors (Lipinski definition) is 2. The quantitative estimate of drug-likeness (QED) is 0.506. The molecule has 2 nitrogen and oxygen atoms in total. The van der Waals surface area contributed by atoms with Crippen molar-refractivity contribution in [1.82, 2.24) is 0 Å². The molecule has 0 fully saturated rings. The summed E-state index contributed by atoms with van der Waals surface area (Å²) in [6, 6.07) is 0.223. The van der Waals surface area contributed by atoms with Crippen molar-refractivity contribution in [2.75, 3.05) is 7.11 Å². The molecule has 0 radical (unpaired) electrons. The number of ether oxygens (including phenoxy) is 1. The highest BCUT2D eigenvalue weighted by Gasteiger charge is 1.89.